The molecular formula is C14H19N3O4. The third kappa shape index (κ3) is 3.48. The number of nitrogens with zero attached hydrogens (tertiary/aromatic N) is 3. The van der Waals surface area contributed by atoms with Crippen molar-refractivity contribution in [2.75, 3.05) is 6.54 Å². The van der Waals surface area contributed by atoms with Crippen molar-refractivity contribution in [3.8, 4) is 0 Å². The maximum absolute atomic E-state index is 12.4. The van der Waals surface area contributed by atoms with Gasteiger partial charge in [-0.25, -0.2) is 0 Å². The largest absolute Gasteiger partial charge is 0.339 e. The molecule has 1 aliphatic rings. The van der Waals surface area contributed by atoms with Crippen molar-refractivity contribution < 1.29 is 9.72 Å². The van der Waals surface area contributed by atoms with Crippen LogP contribution in [0.1, 0.15) is 32.6 Å². The molecule has 1 amide bonds. The molecule has 7 nitrogen and oxygen atoms in total. The van der Waals surface area contributed by atoms with Crippen LogP contribution in [-0.2, 0) is 11.3 Å². The number of carbonyl (C=O) groups is 1. The Hall–Kier alpha value is -2.18. The van der Waals surface area contributed by atoms with Gasteiger partial charge in [-0.1, -0.05) is 6.92 Å². The minimum absolute atomic E-state index is 0.0254. The summed E-state index contributed by atoms with van der Waals surface area (Å²) in [6, 6.07) is 1.37. The van der Waals surface area contributed by atoms with E-state index in [2.05, 4.69) is 6.92 Å². The van der Waals surface area contributed by atoms with Gasteiger partial charge in [-0.05, 0) is 25.7 Å². The van der Waals surface area contributed by atoms with Crippen molar-refractivity contribution in [1.29, 1.82) is 0 Å². The average Bonchev–Trinajstić information content (AvgIpc) is 2.48. The minimum atomic E-state index is -0.723. The second-order valence-corrected chi connectivity index (χ2v) is 5.27. The van der Waals surface area contributed by atoms with Gasteiger partial charge in [0.2, 0.25) is 5.91 Å². The first-order chi connectivity index (χ1) is 10.0. The topological polar surface area (TPSA) is 85.5 Å². The maximum atomic E-state index is 12.4. The zero-order chi connectivity index (χ0) is 15.4. The van der Waals surface area contributed by atoms with Crippen LogP contribution in [0.3, 0.4) is 0 Å². The Kier molecular flexibility index (Phi) is 4.72. The Bertz CT molecular complexity index is 596. The second-order valence-electron chi connectivity index (χ2n) is 5.27. The van der Waals surface area contributed by atoms with Crippen LogP contribution in [0.2, 0.25) is 0 Å². The molecule has 0 radical (unpaired) electrons. The number of carbonyl (C=O) groups excluding carboxylic acids is 1. The van der Waals surface area contributed by atoms with Crippen LogP contribution >= 0.6 is 0 Å². The second kappa shape index (κ2) is 6.51. The number of nitro groups is 1. The monoisotopic (exact) mass is 293 g/mol. The normalized spacial score (nSPS) is 18.5. The molecule has 1 saturated heterocycles. The molecule has 0 saturated carbocycles. The van der Waals surface area contributed by atoms with E-state index in [1.165, 1.54) is 10.8 Å². The number of pyridine rings is 1. The number of hydrogen-bond acceptors (Lipinski definition) is 4. The smallest absolute Gasteiger partial charge is 0.332 e. The van der Waals surface area contributed by atoms with E-state index >= 15 is 0 Å². The Morgan fingerprint density at radius 1 is 1.48 bits per heavy atom. The highest BCUT2D eigenvalue weighted by Gasteiger charge is 2.25. The van der Waals surface area contributed by atoms with Gasteiger partial charge in [-0.2, -0.15) is 0 Å². The van der Waals surface area contributed by atoms with Gasteiger partial charge in [0.1, 0.15) is 6.54 Å². The molecule has 0 N–H and O–H groups in total. The third-order valence-corrected chi connectivity index (χ3v) is 3.89. The van der Waals surface area contributed by atoms with E-state index in [4.69, 9.17) is 0 Å². The summed E-state index contributed by atoms with van der Waals surface area (Å²) in [7, 11) is 0. The average molecular weight is 293 g/mol. The summed E-state index contributed by atoms with van der Waals surface area (Å²) in [6.07, 6.45) is 6.59. The van der Waals surface area contributed by atoms with Gasteiger partial charge in [0.25, 0.3) is 5.43 Å². The lowest BCUT2D eigenvalue weighted by atomic mass is 10.00. The molecule has 0 spiro atoms. The Morgan fingerprint density at radius 2 is 2.24 bits per heavy atom. The number of rotatable bonds is 4. The molecular weight excluding hydrogens is 274 g/mol. The van der Waals surface area contributed by atoms with Gasteiger partial charge in [0.15, 0.2) is 0 Å². The predicted molar refractivity (Wildman–Crippen MR) is 77.0 cm³/mol. The predicted octanol–water partition coefficient (Wildman–Crippen LogP) is 1.55. The highest BCUT2D eigenvalue weighted by molar-refractivity contribution is 5.76. The van der Waals surface area contributed by atoms with E-state index in [1.807, 2.05) is 4.90 Å². The van der Waals surface area contributed by atoms with E-state index < -0.39 is 16.0 Å². The molecule has 1 fully saturated rings. The van der Waals surface area contributed by atoms with Gasteiger partial charge in [-0.3, -0.25) is 19.7 Å². The summed E-state index contributed by atoms with van der Waals surface area (Å²) in [5, 5.41) is 10.8. The number of aromatic nitrogens is 1. The van der Waals surface area contributed by atoms with Crippen LogP contribution in [-0.4, -0.2) is 32.9 Å². The molecule has 7 heteroatoms. The molecule has 0 aliphatic carbocycles. The SMILES string of the molecule is CC[C@H]1CCCCN1C(=O)Cn1ccc(=O)c([N+](=O)[O-])c1. The van der Waals surface area contributed by atoms with Gasteiger partial charge >= 0.3 is 5.69 Å². The van der Waals surface area contributed by atoms with Crippen LogP contribution in [0.25, 0.3) is 0 Å². The fraction of sp³-hybridized carbons (Fsp3) is 0.571. The fourth-order valence-electron chi connectivity index (χ4n) is 2.75. The fourth-order valence-corrected chi connectivity index (χ4v) is 2.75. The lowest BCUT2D eigenvalue weighted by molar-refractivity contribution is -0.386. The summed E-state index contributed by atoms with van der Waals surface area (Å²) >= 11 is 0. The van der Waals surface area contributed by atoms with Crippen LogP contribution in [0, 0.1) is 10.1 Å². The Labute approximate surface area is 122 Å². The van der Waals surface area contributed by atoms with E-state index in [-0.39, 0.29) is 18.5 Å². The Balaban J connectivity index is 2.14. The molecule has 0 aromatic carbocycles. The number of hydrogen-bond donors (Lipinski definition) is 0. The highest BCUT2D eigenvalue weighted by Crippen LogP contribution is 2.19. The first-order valence-electron chi connectivity index (χ1n) is 7.17. The standard InChI is InChI=1S/C14H19N3O4/c1-2-11-5-3-4-7-16(11)14(19)10-15-8-6-13(18)12(9-15)17(20)21/h6,8-9,11H,2-5,7,10H2,1H3/t11-/m0/s1. The van der Waals surface area contributed by atoms with E-state index in [0.29, 0.717) is 0 Å². The van der Waals surface area contributed by atoms with Crippen LogP contribution in [0.4, 0.5) is 5.69 Å². The van der Waals surface area contributed by atoms with Crippen molar-refractivity contribution >= 4 is 11.6 Å². The molecule has 0 unspecified atom stereocenters. The van der Waals surface area contributed by atoms with Gasteiger partial charge in [0.05, 0.1) is 11.1 Å². The number of piperidine rings is 1. The molecule has 114 valence electrons. The van der Waals surface area contributed by atoms with Gasteiger partial charge in [0, 0.05) is 24.8 Å². The first-order valence-corrected chi connectivity index (χ1v) is 7.17. The Morgan fingerprint density at radius 3 is 2.90 bits per heavy atom. The lowest BCUT2D eigenvalue weighted by Crippen LogP contribution is -2.44. The number of amides is 1. The summed E-state index contributed by atoms with van der Waals surface area (Å²) < 4.78 is 1.41. The van der Waals surface area contributed by atoms with Crippen LogP contribution in [0.15, 0.2) is 23.3 Å². The zero-order valence-electron chi connectivity index (χ0n) is 12.0. The van der Waals surface area contributed by atoms with Gasteiger partial charge < -0.3 is 9.47 Å². The quantitative estimate of drug-likeness (QED) is 0.622. The zero-order valence-corrected chi connectivity index (χ0v) is 12.0. The summed E-state index contributed by atoms with van der Waals surface area (Å²) in [5.74, 6) is -0.0560. The first kappa shape index (κ1) is 15.2. The molecule has 2 rings (SSSR count). The van der Waals surface area contributed by atoms with Crippen molar-refractivity contribution in [2.45, 2.75) is 45.2 Å². The molecule has 1 aliphatic heterocycles. The molecule has 21 heavy (non-hydrogen) atoms. The van der Waals surface area contributed by atoms with Crippen molar-refractivity contribution in [3.05, 3.63) is 38.8 Å². The summed E-state index contributed by atoms with van der Waals surface area (Å²) in [6.45, 7) is 2.82. The van der Waals surface area contributed by atoms with E-state index in [9.17, 15) is 19.7 Å². The van der Waals surface area contributed by atoms with Crippen molar-refractivity contribution in [1.82, 2.24) is 9.47 Å². The number of likely N-dealkylation sites (tertiary alicyclic amines) is 1. The van der Waals surface area contributed by atoms with E-state index in [1.54, 1.807) is 0 Å². The molecule has 1 aromatic heterocycles. The third-order valence-electron chi connectivity index (χ3n) is 3.89. The van der Waals surface area contributed by atoms with Crippen LogP contribution < -0.4 is 5.43 Å². The molecule has 0 bridgehead atoms. The molecule has 2 heterocycles. The minimum Gasteiger partial charge on any atom is -0.339 e. The van der Waals surface area contributed by atoms with Crippen molar-refractivity contribution in [2.24, 2.45) is 0 Å². The van der Waals surface area contributed by atoms with Gasteiger partial charge in [-0.15, -0.1) is 0 Å². The molecule has 1 atom stereocenters. The lowest BCUT2D eigenvalue weighted by Gasteiger charge is -2.35. The van der Waals surface area contributed by atoms with E-state index in [0.717, 1.165) is 44.5 Å². The maximum Gasteiger partial charge on any atom is 0.332 e. The van der Waals surface area contributed by atoms with Crippen LogP contribution in [0.5, 0.6) is 0 Å². The summed E-state index contributed by atoms with van der Waals surface area (Å²) in [4.78, 5) is 35.6. The molecule has 1 aromatic rings. The summed E-state index contributed by atoms with van der Waals surface area (Å²) in [5.41, 5.74) is -1.15. The van der Waals surface area contributed by atoms with Crippen molar-refractivity contribution in [3.63, 3.8) is 0 Å². The highest BCUT2D eigenvalue weighted by atomic mass is 16.6.